The fourth-order valence-electron chi connectivity index (χ4n) is 0.709. The van der Waals surface area contributed by atoms with Gasteiger partial charge in [0, 0.05) is 6.08 Å². The normalized spacial score (nSPS) is 14.2. The summed E-state index contributed by atoms with van der Waals surface area (Å²) in [6.45, 7) is 2.98. The van der Waals surface area contributed by atoms with Crippen molar-refractivity contribution < 1.29 is 27.4 Å². The average Bonchev–Trinajstić information content (AvgIpc) is 2.11. The van der Waals surface area contributed by atoms with Crippen LogP contribution in [-0.2, 0) is 14.3 Å². The summed E-state index contributed by atoms with van der Waals surface area (Å²) in [5.41, 5.74) is 0. The SMILES string of the molecule is CCOC(=O)C(C)OC/C=C/C(F)(F)F. The minimum Gasteiger partial charge on any atom is -0.464 e. The van der Waals surface area contributed by atoms with Crippen LogP contribution in [0.15, 0.2) is 12.2 Å². The van der Waals surface area contributed by atoms with Crippen LogP contribution in [0.1, 0.15) is 13.8 Å². The number of allylic oxidation sites excluding steroid dienone is 1. The van der Waals surface area contributed by atoms with Crippen LogP contribution < -0.4 is 0 Å². The minimum atomic E-state index is -4.35. The first-order valence-electron chi connectivity index (χ1n) is 4.39. The second kappa shape index (κ2) is 6.44. The molecule has 88 valence electrons. The molecule has 0 aliphatic carbocycles. The van der Waals surface area contributed by atoms with Crippen molar-refractivity contribution in [3.05, 3.63) is 12.2 Å². The predicted molar refractivity (Wildman–Crippen MR) is 47.2 cm³/mol. The lowest BCUT2D eigenvalue weighted by Crippen LogP contribution is -2.23. The molecule has 15 heavy (non-hydrogen) atoms. The maximum atomic E-state index is 11.6. The number of carbonyl (C=O) groups is 1. The van der Waals surface area contributed by atoms with Crippen molar-refractivity contribution in [3.8, 4) is 0 Å². The number of ether oxygens (including phenoxy) is 2. The van der Waals surface area contributed by atoms with E-state index < -0.39 is 18.2 Å². The Morgan fingerprint density at radius 3 is 2.53 bits per heavy atom. The Morgan fingerprint density at radius 1 is 1.47 bits per heavy atom. The van der Waals surface area contributed by atoms with Crippen LogP contribution in [0.25, 0.3) is 0 Å². The molecule has 0 N–H and O–H groups in total. The highest BCUT2D eigenvalue weighted by Crippen LogP contribution is 2.15. The first kappa shape index (κ1) is 14.0. The van der Waals surface area contributed by atoms with Crippen LogP contribution in [0.4, 0.5) is 13.2 Å². The fourth-order valence-corrected chi connectivity index (χ4v) is 0.709. The molecule has 3 nitrogen and oxygen atoms in total. The van der Waals surface area contributed by atoms with Gasteiger partial charge in [0.15, 0.2) is 6.10 Å². The number of carbonyl (C=O) groups excluding carboxylic acids is 1. The fraction of sp³-hybridized carbons (Fsp3) is 0.667. The van der Waals surface area contributed by atoms with Gasteiger partial charge in [0.1, 0.15) is 0 Å². The van der Waals surface area contributed by atoms with Crippen LogP contribution in [0.2, 0.25) is 0 Å². The summed E-state index contributed by atoms with van der Waals surface area (Å²) in [6.07, 6.45) is -4.35. The van der Waals surface area contributed by atoms with Gasteiger partial charge in [-0.05, 0) is 13.8 Å². The van der Waals surface area contributed by atoms with E-state index >= 15 is 0 Å². The van der Waals surface area contributed by atoms with E-state index in [4.69, 9.17) is 4.74 Å². The van der Waals surface area contributed by atoms with Crippen molar-refractivity contribution in [2.24, 2.45) is 0 Å². The third-order valence-electron chi connectivity index (χ3n) is 1.37. The predicted octanol–water partition coefficient (Wildman–Crippen LogP) is 2.07. The molecule has 0 bridgehead atoms. The van der Waals surface area contributed by atoms with E-state index in [1.807, 2.05) is 0 Å². The van der Waals surface area contributed by atoms with Crippen molar-refractivity contribution >= 4 is 5.97 Å². The second-order valence-electron chi connectivity index (χ2n) is 2.67. The van der Waals surface area contributed by atoms with E-state index in [0.29, 0.717) is 0 Å². The molecule has 0 aliphatic rings. The van der Waals surface area contributed by atoms with Crippen molar-refractivity contribution in [2.75, 3.05) is 13.2 Å². The molecule has 0 saturated carbocycles. The lowest BCUT2D eigenvalue weighted by molar-refractivity contribution is -0.154. The van der Waals surface area contributed by atoms with Gasteiger partial charge < -0.3 is 9.47 Å². The highest BCUT2D eigenvalue weighted by molar-refractivity contribution is 5.74. The maximum Gasteiger partial charge on any atom is 0.409 e. The quantitative estimate of drug-likeness (QED) is 0.531. The van der Waals surface area contributed by atoms with Gasteiger partial charge in [0.05, 0.1) is 13.2 Å². The smallest absolute Gasteiger partial charge is 0.409 e. The molecule has 0 fully saturated rings. The van der Waals surface area contributed by atoms with Crippen molar-refractivity contribution in [3.63, 3.8) is 0 Å². The molecule has 0 spiro atoms. The lowest BCUT2D eigenvalue weighted by Gasteiger charge is -2.09. The topological polar surface area (TPSA) is 35.5 Å². The van der Waals surface area contributed by atoms with E-state index in [1.54, 1.807) is 6.92 Å². The zero-order valence-corrected chi connectivity index (χ0v) is 8.50. The molecule has 0 saturated heterocycles. The molecular formula is C9H13F3O3. The Bertz CT molecular complexity index is 223. The lowest BCUT2D eigenvalue weighted by atomic mass is 10.4. The Morgan fingerprint density at radius 2 is 2.07 bits per heavy atom. The molecule has 0 heterocycles. The van der Waals surface area contributed by atoms with Crippen LogP contribution in [0.3, 0.4) is 0 Å². The van der Waals surface area contributed by atoms with Crippen LogP contribution in [-0.4, -0.2) is 31.5 Å². The number of alkyl halides is 3. The highest BCUT2D eigenvalue weighted by Gasteiger charge is 2.21. The first-order chi connectivity index (χ1) is 6.87. The van der Waals surface area contributed by atoms with Gasteiger partial charge in [-0.2, -0.15) is 13.2 Å². The summed E-state index contributed by atoms with van der Waals surface area (Å²) in [7, 11) is 0. The summed E-state index contributed by atoms with van der Waals surface area (Å²) in [5.74, 6) is -0.585. The van der Waals surface area contributed by atoms with Gasteiger partial charge >= 0.3 is 12.1 Å². The Hall–Kier alpha value is -1.04. The second-order valence-corrected chi connectivity index (χ2v) is 2.67. The third-order valence-corrected chi connectivity index (χ3v) is 1.37. The van der Waals surface area contributed by atoms with Crippen molar-refractivity contribution in [2.45, 2.75) is 26.1 Å². The third kappa shape index (κ3) is 7.99. The molecule has 0 aromatic rings. The number of halogens is 3. The zero-order valence-electron chi connectivity index (χ0n) is 8.50. The number of esters is 1. The molecular weight excluding hydrogens is 213 g/mol. The van der Waals surface area contributed by atoms with Gasteiger partial charge in [0.2, 0.25) is 0 Å². The zero-order chi connectivity index (χ0) is 11.9. The van der Waals surface area contributed by atoms with Crippen LogP contribution in [0, 0.1) is 0 Å². The molecule has 0 rings (SSSR count). The van der Waals surface area contributed by atoms with Crippen molar-refractivity contribution in [1.82, 2.24) is 0 Å². The Balaban J connectivity index is 3.77. The molecule has 0 aliphatic heterocycles. The molecule has 0 aromatic heterocycles. The average molecular weight is 226 g/mol. The molecule has 6 heteroatoms. The van der Waals surface area contributed by atoms with E-state index in [-0.39, 0.29) is 19.3 Å². The molecule has 0 amide bonds. The molecule has 0 radical (unpaired) electrons. The van der Waals surface area contributed by atoms with E-state index in [0.717, 1.165) is 6.08 Å². The van der Waals surface area contributed by atoms with E-state index in [2.05, 4.69) is 4.74 Å². The first-order valence-corrected chi connectivity index (χ1v) is 4.39. The Labute approximate surface area is 85.9 Å². The van der Waals surface area contributed by atoms with Gasteiger partial charge in [-0.1, -0.05) is 6.08 Å². The summed E-state index contributed by atoms with van der Waals surface area (Å²) < 4.78 is 44.3. The van der Waals surface area contributed by atoms with Crippen LogP contribution in [0.5, 0.6) is 0 Å². The summed E-state index contributed by atoms with van der Waals surface area (Å²) in [4.78, 5) is 10.9. The number of hydrogen-bond acceptors (Lipinski definition) is 3. The summed E-state index contributed by atoms with van der Waals surface area (Å²) in [6, 6.07) is 0. The number of rotatable bonds is 5. The van der Waals surface area contributed by atoms with Crippen LogP contribution >= 0.6 is 0 Å². The van der Waals surface area contributed by atoms with E-state index in [1.165, 1.54) is 6.92 Å². The summed E-state index contributed by atoms with van der Waals surface area (Å²) >= 11 is 0. The molecule has 1 atom stereocenters. The largest absolute Gasteiger partial charge is 0.464 e. The molecule has 1 unspecified atom stereocenters. The maximum absolute atomic E-state index is 11.6. The minimum absolute atomic E-state index is 0.0604. The standard InChI is InChI=1S/C9H13F3O3/c1-3-14-8(13)7(2)15-6-4-5-9(10,11)12/h4-5,7H,3,6H2,1-2H3/b5-4+. The summed E-state index contributed by atoms with van der Waals surface area (Å²) in [5, 5.41) is 0. The number of hydrogen-bond donors (Lipinski definition) is 0. The van der Waals surface area contributed by atoms with Gasteiger partial charge in [-0.3, -0.25) is 0 Å². The van der Waals surface area contributed by atoms with Gasteiger partial charge in [-0.15, -0.1) is 0 Å². The highest BCUT2D eigenvalue weighted by atomic mass is 19.4. The Kier molecular flexibility index (Phi) is 6.00. The van der Waals surface area contributed by atoms with E-state index in [9.17, 15) is 18.0 Å². The van der Waals surface area contributed by atoms with Crippen molar-refractivity contribution in [1.29, 1.82) is 0 Å². The molecule has 0 aromatic carbocycles. The van der Waals surface area contributed by atoms with Gasteiger partial charge in [-0.25, -0.2) is 4.79 Å². The van der Waals surface area contributed by atoms with Gasteiger partial charge in [0.25, 0.3) is 0 Å². The monoisotopic (exact) mass is 226 g/mol.